The maximum Gasteiger partial charge on any atom is 0.238 e. The Morgan fingerprint density at radius 2 is 2.25 bits per heavy atom. The van der Waals surface area contributed by atoms with Gasteiger partial charge in [0.1, 0.15) is 5.69 Å². The van der Waals surface area contributed by atoms with E-state index >= 15 is 0 Å². The predicted octanol–water partition coefficient (Wildman–Crippen LogP) is 4.09. The van der Waals surface area contributed by atoms with Crippen molar-refractivity contribution in [2.45, 2.75) is 13.5 Å². The zero-order valence-electron chi connectivity index (χ0n) is 11.2. The second kappa shape index (κ2) is 5.46. The highest BCUT2D eigenvalue weighted by Gasteiger charge is 2.13. The Morgan fingerprint density at radius 3 is 3.00 bits per heavy atom. The van der Waals surface area contributed by atoms with Crippen LogP contribution in [-0.2, 0) is 6.54 Å². The SMILES string of the molecule is COc1nc2sccn2c1CNc1cc(C)cc(Br)c1. The van der Waals surface area contributed by atoms with Gasteiger partial charge in [0.05, 0.1) is 13.7 Å². The minimum absolute atomic E-state index is 0.664. The number of anilines is 1. The van der Waals surface area contributed by atoms with Crippen LogP contribution in [0.5, 0.6) is 5.88 Å². The molecule has 0 unspecified atom stereocenters. The lowest BCUT2D eigenvalue weighted by Gasteiger charge is -2.08. The molecule has 3 aromatic rings. The first-order valence-electron chi connectivity index (χ1n) is 6.17. The number of hydrogen-bond donors (Lipinski definition) is 1. The van der Waals surface area contributed by atoms with Crippen molar-refractivity contribution in [2.24, 2.45) is 0 Å². The first kappa shape index (κ1) is 13.5. The molecule has 0 bridgehead atoms. The minimum Gasteiger partial charge on any atom is -0.480 e. The van der Waals surface area contributed by atoms with E-state index in [0.717, 1.165) is 20.8 Å². The van der Waals surface area contributed by atoms with Gasteiger partial charge in [-0.2, -0.15) is 4.98 Å². The zero-order valence-corrected chi connectivity index (χ0v) is 13.6. The van der Waals surface area contributed by atoms with Gasteiger partial charge in [0.15, 0.2) is 4.96 Å². The molecule has 0 aliphatic carbocycles. The van der Waals surface area contributed by atoms with Gasteiger partial charge in [0, 0.05) is 21.7 Å². The summed E-state index contributed by atoms with van der Waals surface area (Å²) in [5.41, 5.74) is 3.31. The molecule has 0 saturated heterocycles. The van der Waals surface area contributed by atoms with Crippen molar-refractivity contribution in [2.75, 3.05) is 12.4 Å². The molecule has 0 amide bonds. The standard InChI is InChI=1S/C14H14BrN3OS/c1-9-5-10(15)7-11(6-9)16-8-12-13(19-2)17-14-18(12)3-4-20-14/h3-7,16H,8H2,1-2H3. The highest BCUT2D eigenvalue weighted by atomic mass is 79.9. The summed E-state index contributed by atoms with van der Waals surface area (Å²) < 4.78 is 8.48. The molecule has 104 valence electrons. The van der Waals surface area contributed by atoms with Crippen molar-refractivity contribution in [3.8, 4) is 5.88 Å². The van der Waals surface area contributed by atoms with Gasteiger partial charge in [0.2, 0.25) is 5.88 Å². The van der Waals surface area contributed by atoms with Crippen LogP contribution in [0, 0.1) is 6.92 Å². The second-order valence-electron chi connectivity index (χ2n) is 4.49. The van der Waals surface area contributed by atoms with Crippen LogP contribution >= 0.6 is 27.3 Å². The van der Waals surface area contributed by atoms with E-state index in [9.17, 15) is 0 Å². The third-order valence-corrected chi connectivity index (χ3v) is 4.23. The normalized spacial score (nSPS) is 10.9. The van der Waals surface area contributed by atoms with Gasteiger partial charge in [-0.1, -0.05) is 15.9 Å². The molecule has 0 saturated carbocycles. The van der Waals surface area contributed by atoms with E-state index in [2.05, 4.69) is 55.8 Å². The van der Waals surface area contributed by atoms with Gasteiger partial charge in [-0.15, -0.1) is 11.3 Å². The Labute approximate surface area is 129 Å². The van der Waals surface area contributed by atoms with Gasteiger partial charge < -0.3 is 10.1 Å². The predicted molar refractivity (Wildman–Crippen MR) is 85.8 cm³/mol. The lowest BCUT2D eigenvalue weighted by Crippen LogP contribution is -2.04. The maximum atomic E-state index is 5.35. The summed E-state index contributed by atoms with van der Waals surface area (Å²) in [6.07, 6.45) is 2.01. The number of hydrogen-bond acceptors (Lipinski definition) is 4. The molecule has 0 atom stereocenters. The lowest BCUT2D eigenvalue weighted by atomic mass is 10.2. The molecular formula is C14H14BrN3OS. The molecule has 0 aliphatic rings. The number of imidazole rings is 1. The van der Waals surface area contributed by atoms with Crippen LogP contribution in [0.1, 0.15) is 11.3 Å². The molecule has 0 aliphatic heterocycles. The molecule has 2 heterocycles. The summed E-state index contributed by atoms with van der Waals surface area (Å²) in [5.74, 6) is 0.677. The molecule has 20 heavy (non-hydrogen) atoms. The van der Waals surface area contributed by atoms with Crippen molar-refractivity contribution in [1.82, 2.24) is 9.38 Å². The van der Waals surface area contributed by atoms with Crippen LogP contribution in [0.3, 0.4) is 0 Å². The fourth-order valence-electron chi connectivity index (χ4n) is 2.16. The van der Waals surface area contributed by atoms with Crippen LogP contribution in [0.25, 0.3) is 4.96 Å². The third-order valence-electron chi connectivity index (χ3n) is 3.02. The Hall–Kier alpha value is -1.53. The Balaban J connectivity index is 1.87. The van der Waals surface area contributed by atoms with Crippen molar-refractivity contribution in [1.29, 1.82) is 0 Å². The molecule has 0 radical (unpaired) electrons. The number of benzene rings is 1. The number of fused-ring (bicyclic) bond motifs is 1. The largest absolute Gasteiger partial charge is 0.480 e. The van der Waals surface area contributed by atoms with Crippen LogP contribution in [0.4, 0.5) is 5.69 Å². The Kier molecular flexibility index (Phi) is 3.67. The van der Waals surface area contributed by atoms with Crippen molar-refractivity contribution >= 4 is 37.9 Å². The second-order valence-corrected chi connectivity index (χ2v) is 6.28. The number of nitrogens with one attached hydrogen (secondary N) is 1. The Morgan fingerprint density at radius 1 is 1.40 bits per heavy atom. The fourth-order valence-corrected chi connectivity index (χ4v) is 3.49. The van der Waals surface area contributed by atoms with Crippen LogP contribution < -0.4 is 10.1 Å². The number of aryl methyl sites for hydroxylation is 1. The summed E-state index contributed by atoms with van der Waals surface area (Å²) in [5, 5.41) is 5.44. The fraction of sp³-hybridized carbons (Fsp3) is 0.214. The quantitative estimate of drug-likeness (QED) is 0.769. The van der Waals surface area contributed by atoms with Crippen molar-refractivity contribution < 1.29 is 4.74 Å². The smallest absolute Gasteiger partial charge is 0.238 e. The van der Waals surface area contributed by atoms with E-state index in [1.54, 1.807) is 18.4 Å². The lowest BCUT2D eigenvalue weighted by molar-refractivity contribution is 0.395. The highest BCUT2D eigenvalue weighted by Crippen LogP contribution is 2.25. The molecule has 0 fully saturated rings. The molecule has 3 rings (SSSR count). The number of rotatable bonds is 4. The molecule has 4 nitrogen and oxygen atoms in total. The maximum absolute atomic E-state index is 5.35. The first-order chi connectivity index (χ1) is 9.67. The van der Waals surface area contributed by atoms with E-state index in [4.69, 9.17) is 4.74 Å². The molecule has 0 spiro atoms. The van der Waals surface area contributed by atoms with Crippen LogP contribution in [-0.4, -0.2) is 16.5 Å². The van der Waals surface area contributed by atoms with Crippen molar-refractivity contribution in [3.05, 3.63) is 45.5 Å². The average molecular weight is 352 g/mol. The van der Waals surface area contributed by atoms with Crippen LogP contribution in [0.2, 0.25) is 0 Å². The first-order valence-corrected chi connectivity index (χ1v) is 7.84. The highest BCUT2D eigenvalue weighted by molar-refractivity contribution is 9.10. The van der Waals surface area contributed by atoms with Crippen LogP contribution in [0.15, 0.2) is 34.2 Å². The molecule has 1 N–H and O–H groups in total. The van der Waals surface area contributed by atoms with E-state index in [1.165, 1.54) is 5.56 Å². The minimum atomic E-state index is 0.664. The average Bonchev–Trinajstić information content (AvgIpc) is 2.95. The zero-order chi connectivity index (χ0) is 14.1. The third kappa shape index (κ3) is 2.53. The van der Waals surface area contributed by atoms with Crippen molar-refractivity contribution in [3.63, 3.8) is 0 Å². The summed E-state index contributed by atoms with van der Waals surface area (Å²) in [6, 6.07) is 6.26. The summed E-state index contributed by atoms with van der Waals surface area (Å²) in [4.78, 5) is 5.40. The van der Waals surface area contributed by atoms with Gasteiger partial charge in [-0.05, 0) is 30.7 Å². The van der Waals surface area contributed by atoms with E-state index in [0.29, 0.717) is 12.4 Å². The number of aromatic nitrogens is 2. The summed E-state index contributed by atoms with van der Waals surface area (Å²) in [6.45, 7) is 2.74. The van der Waals surface area contributed by atoms with E-state index in [-0.39, 0.29) is 0 Å². The topological polar surface area (TPSA) is 38.6 Å². The number of nitrogens with zero attached hydrogens (tertiary/aromatic N) is 2. The number of methoxy groups -OCH3 is 1. The number of thiazole rings is 1. The van der Waals surface area contributed by atoms with Gasteiger partial charge in [0.25, 0.3) is 0 Å². The van der Waals surface area contributed by atoms with Gasteiger partial charge in [-0.3, -0.25) is 4.40 Å². The van der Waals surface area contributed by atoms with E-state index < -0.39 is 0 Å². The Bertz CT molecular complexity index is 730. The molecule has 2 aromatic heterocycles. The van der Waals surface area contributed by atoms with Gasteiger partial charge in [-0.25, -0.2) is 0 Å². The van der Waals surface area contributed by atoms with E-state index in [1.807, 2.05) is 11.6 Å². The molecular weight excluding hydrogens is 338 g/mol. The monoisotopic (exact) mass is 351 g/mol. The van der Waals surface area contributed by atoms with Gasteiger partial charge >= 0.3 is 0 Å². The summed E-state index contributed by atoms with van der Waals surface area (Å²) >= 11 is 5.11. The number of halogens is 1. The number of ether oxygens (including phenoxy) is 1. The molecule has 6 heteroatoms. The summed E-state index contributed by atoms with van der Waals surface area (Å²) in [7, 11) is 1.65. The molecule has 1 aromatic carbocycles.